The van der Waals surface area contributed by atoms with Crippen molar-refractivity contribution in [2.45, 2.75) is 30.3 Å². The lowest BCUT2D eigenvalue weighted by Gasteiger charge is -2.25. The van der Waals surface area contributed by atoms with Gasteiger partial charge in [-0.3, -0.25) is 14.7 Å². The second kappa shape index (κ2) is 9.27. The second-order valence-electron chi connectivity index (χ2n) is 10.8. The molecule has 5 heterocycles. The van der Waals surface area contributed by atoms with Crippen molar-refractivity contribution in [2.75, 3.05) is 31.1 Å². The number of nitriles is 1. The van der Waals surface area contributed by atoms with Crippen molar-refractivity contribution in [3.63, 3.8) is 0 Å². The Bertz CT molecular complexity index is 1540. The number of ether oxygens (including phenoxy) is 1. The highest BCUT2D eigenvalue weighted by atomic mass is 19.1. The minimum atomic E-state index is -1.04. The van der Waals surface area contributed by atoms with E-state index in [0.29, 0.717) is 18.8 Å². The van der Waals surface area contributed by atoms with Crippen LogP contribution in [-0.2, 0) is 14.9 Å². The van der Waals surface area contributed by atoms with E-state index in [4.69, 9.17) is 4.74 Å². The first-order chi connectivity index (χ1) is 19.8. The number of rotatable bonds is 5. The lowest BCUT2D eigenvalue weighted by molar-refractivity contribution is -0.132. The van der Waals surface area contributed by atoms with Gasteiger partial charge in [0.15, 0.2) is 0 Å². The van der Waals surface area contributed by atoms with Crippen LogP contribution in [0.5, 0.6) is 0 Å². The number of halogens is 3. The van der Waals surface area contributed by atoms with Crippen molar-refractivity contribution in [1.29, 1.82) is 5.26 Å². The largest absolute Gasteiger partial charge is 0.421 e. The topological polar surface area (TPSA) is 129 Å². The third-order valence-corrected chi connectivity index (χ3v) is 8.60. The molecule has 41 heavy (non-hydrogen) atoms. The van der Waals surface area contributed by atoms with Gasteiger partial charge >= 0.3 is 6.09 Å². The third kappa shape index (κ3) is 3.94. The summed E-state index contributed by atoms with van der Waals surface area (Å²) in [5, 5.41) is 20.4. The molecule has 1 N–H and O–H groups in total. The average molecular weight is 565 g/mol. The molecule has 14 heteroatoms. The number of fused-ring (bicyclic) bond motifs is 1. The number of hydrogen-bond donors (Lipinski definition) is 1. The molecule has 2 aromatic heterocycles. The number of hydrogen-bond acceptors (Lipinski definition) is 8. The molecule has 7 rings (SSSR count). The Hall–Kier alpha value is -4.51. The molecule has 4 fully saturated rings. The van der Waals surface area contributed by atoms with Gasteiger partial charge in [-0.2, -0.15) is 5.26 Å². The monoisotopic (exact) mass is 564 g/mol. The standard InChI is InChI=1S/C27H23F3N8O3/c28-15-5-21(32-9-15)25(39)36-10-17-18(11-36)27(17,13-31)22-2-1-14(8-33-22)24-19(29)6-16(7-20(24)30)37-12-23(41-26(37)40)38-4-3-34-35-38/h1-4,6-8,15,17-18,21,23,32H,5,9-12H2/t15-,17-,18+,21-,23?,27?/m0/s1. The molecule has 1 saturated carbocycles. The molecule has 2 unspecified atom stereocenters. The van der Waals surface area contributed by atoms with Crippen LogP contribution in [0, 0.1) is 34.8 Å². The van der Waals surface area contributed by atoms with Crippen molar-refractivity contribution < 1.29 is 27.5 Å². The number of cyclic esters (lactones) is 1. The maximum absolute atomic E-state index is 15.2. The van der Waals surface area contributed by atoms with E-state index in [0.717, 1.165) is 17.0 Å². The van der Waals surface area contributed by atoms with Crippen LogP contribution in [0.2, 0.25) is 0 Å². The summed E-state index contributed by atoms with van der Waals surface area (Å²) in [5.74, 6) is -2.18. The van der Waals surface area contributed by atoms with Crippen LogP contribution in [0.3, 0.4) is 0 Å². The zero-order chi connectivity index (χ0) is 28.5. The van der Waals surface area contributed by atoms with E-state index in [1.54, 1.807) is 11.0 Å². The summed E-state index contributed by atoms with van der Waals surface area (Å²) < 4.78 is 50.5. The molecule has 3 saturated heterocycles. The van der Waals surface area contributed by atoms with Gasteiger partial charge in [0.25, 0.3) is 0 Å². The number of pyridine rings is 1. The number of carbonyl (C=O) groups excluding carboxylic acids is 2. The summed E-state index contributed by atoms with van der Waals surface area (Å²) in [4.78, 5) is 32.3. The fourth-order valence-electron chi connectivity index (χ4n) is 6.46. The fraction of sp³-hybridized carbons (Fsp3) is 0.407. The Morgan fingerprint density at radius 3 is 2.51 bits per heavy atom. The minimum Gasteiger partial charge on any atom is -0.421 e. The smallest absolute Gasteiger partial charge is 0.416 e. The summed E-state index contributed by atoms with van der Waals surface area (Å²) in [7, 11) is 0. The van der Waals surface area contributed by atoms with E-state index in [2.05, 4.69) is 26.7 Å². The van der Waals surface area contributed by atoms with Crippen LogP contribution in [0.4, 0.5) is 23.7 Å². The van der Waals surface area contributed by atoms with Crippen LogP contribution >= 0.6 is 0 Å². The lowest BCUT2D eigenvalue weighted by atomic mass is 9.95. The van der Waals surface area contributed by atoms with Gasteiger partial charge in [0.2, 0.25) is 12.1 Å². The molecular weight excluding hydrogens is 541 g/mol. The molecule has 11 nitrogen and oxygen atoms in total. The van der Waals surface area contributed by atoms with E-state index in [1.165, 1.54) is 29.3 Å². The van der Waals surface area contributed by atoms with Gasteiger partial charge in [0.1, 0.15) is 23.2 Å². The van der Waals surface area contributed by atoms with Crippen LogP contribution in [-0.4, -0.2) is 75.3 Å². The zero-order valence-corrected chi connectivity index (χ0v) is 21.5. The number of benzene rings is 1. The number of amides is 2. The van der Waals surface area contributed by atoms with Gasteiger partial charge < -0.3 is 15.0 Å². The van der Waals surface area contributed by atoms with Crippen LogP contribution < -0.4 is 10.2 Å². The Labute approximate surface area is 231 Å². The first kappa shape index (κ1) is 25.5. The molecule has 1 aromatic carbocycles. The SMILES string of the molecule is N#CC1(c2ccc(-c3c(F)cc(N4CC(n5ccnn5)OC4=O)cc3F)cn2)[C@@H]2CN(C(=O)[C@@H]3C[C@H](F)CN3)C[C@@H]21. The van der Waals surface area contributed by atoms with Crippen LogP contribution in [0.25, 0.3) is 11.1 Å². The van der Waals surface area contributed by atoms with Gasteiger partial charge in [-0.1, -0.05) is 11.3 Å². The number of alkyl halides is 1. The maximum Gasteiger partial charge on any atom is 0.416 e. The van der Waals surface area contributed by atoms with Crippen LogP contribution in [0.15, 0.2) is 42.9 Å². The van der Waals surface area contributed by atoms with Gasteiger partial charge in [0, 0.05) is 55.8 Å². The highest BCUT2D eigenvalue weighted by molar-refractivity contribution is 5.90. The number of likely N-dealkylation sites (tertiary alicyclic amines) is 1. The van der Waals surface area contributed by atoms with Crippen molar-refractivity contribution in [1.82, 2.24) is 30.2 Å². The number of piperidine rings is 1. The number of carbonyl (C=O) groups is 2. The molecule has 0 spiro atoms. The summed E-state index contributed by atoms with van der Waals surface area (Å²) in [5.41, 5.74) is -0.571. The van der Waals surface area contributed by atoms with Crippen molar-refractivity contribution in [2.24, 2.45) is 11.8 Å². The molecule has 6 atom stereocenters. The minimum absolute atomic E-state index is 0.00812. The van der Waals surface area contributed by atoms with Crippen molar-refractivity contribution in [3.8, 4) is 17.2 Å². The molecule has 0 radical (unpaired) electrons. The van der Waals surface area contributed by atoms with E-state index < -0.39 is 41.6 Å². The maximum atomic E-state index is 15.2. The van der Waals surface area contributed by atoms with Gasteiger partial charge in [-0.15, -0.1) is 5.10 Å². The van der Waals surface area contributed by atoms with E-state index >= 15 is 8.78 Å². The lowest BCUT2D eigenvalue weighted by Crippen LogP contribution is -2.44. The van der Waals surface area contributed by atoms with Gasteiger partial charge in [-0.25, -0.2) is 22.6 Å². The number of nitrogens with zero attached hydrogens (tertiary/aromatic N) is 7. The summed E-state index contributed by atoms with van der Waals surface area (Å²) in [6.45, 7) is 0.897. The number of anilines is 1. The molecule has 210 valence electrons. The molecule has 0 bridgehead atoms. The Morgan fingerprint density at radius 2 is 1.93 bits per heavy atom. The highest BCUT2D eigenvalue weighted by Gasteiger charge is 2.71. The van der Waals surface area contributed by atoms with Gasteiger partial charge in [0.05, 0.1) is 41.8 Å². The predicted molar refractivity (Wildman–Crippen MR) is 135 cm³/mol. The summed E-state index contributed by atoms with van der Waals surface area (Å²) in [6, 6.07) is 7.01. The molecule has 3 aliphatic heterocycles. The van der Waals surface area contributed by atoms with E-state index in [9.17, 15) is 19.2 Å². The third-order valence-electron chi connectivity index (χ3n) is 8.60. The molecule has 1 aliphatic carbocycles. The second-order valence-corrected chi connectivity index (χ2v) is 10.8. The summed E-state index contributed by atoms with van der Waals surface area (Å²) in [6.07, 6.45) is 1.81. The summed E-state index contributed by atoms with van der Waals surface area (Å²) >= 11 is 0. The Balaban J connectivity index is 1.07. The highest BCUT2D eigenvalue weighted by Crippen LogP contribution is 2.63. The zero-order valence-electron chi connectivity index (χ0n) is 21.5. The van der Waals surface area contributed by atoms with E-state index in [1.807, 2.05) is 0 Å². The normalized spacial score (nSPS) is 30.3. The number of nitrogens with one attached hydrogen (secondary N) is 1. The Morgan fingerprint density at radius 1 is 1.17 bits per heavy atom. The molecule has 2 amide bonds. The van der Waals surface area contributed by atoms with Crippen molar-refractivity contribution >= 4 is 17.7 Å². The number of aromatic nitrogens is 4. The molecule has 4 aliphatic rings. The first-order valence-corrected chi connectivity index (χ1v) is 13.2. The molecular formula is C27H23F3N8O3. The average Bonchev–Trinajstić information content (AvgIpc) is 3.62. The molecule has 3 aromatic rings. The fourth-order valence-corrected chi connectivity index (χ4v) is 6.46. The van der Waals surface area contributed by atoms with Crippen LogP contribution in [0.1, 0.15) is 18.3 Å². The Kier molecular flexibility index (Phi) is 5.75. The first-order valence-electron chi connectivity index (χ1n) is 13.2. The quantitative estimate of drug-likeness (QED) is 0.500. The predicted octanol–water partition coefficient (Wildman–Crippen LogP) is 2.32. The van der Waals surface area contributed by atoms with Crippen molar-refractivity contribution in [3.05, 3.63) is 60.2 Å². The van der Waals surface area contributed by atoms with E-state index in [-0.39, 0.29) is 54.1 Å². The van der Waals surface area contributed by atoms with Gasteiger partial charge in [-0.05, 0) is 18.2 Å².